The predicted octanol–water partition coefficient (Wildman–Crippen LogP) is 1.85. The van der Waals surface area contributed by atoms with Crippen molar-refractivity contribution in [2.24, 2.45) is 0 Å². The quantitative estimate of drug-likeness (QED) is 0.565. The third-order valence-electron chi connectivity index (χ3n) is 1.15. The molecule has 0 aromatic heterocycles. The van der Waals surface area contributed by atoms with E-state index in [9.17, 15) is 0 Å². The van der Waals surface area contributed by atoms with E-state index in [1.807, 2.05) is 20.0 Å². The number of likely N-dealkylation sites (N-methyl/N-ethyl adjacent to an activating group) is 1. The minimum absolute atomic E-state index is 0.931. The zero-order valence-electron chi connectivity index (χ0n) is 6.07. The van der Waals surface area contributed by atoms with Gasteiger partial charge in [-0.3, -0.25) is 0 Å². The lowest BCUT2D eigenvalue weighted by Crippen LogP contribution is -2.05. The molecule has 0 spiro atoms. The minimum Gasteiger partial charge on any atom is -0.388 e. The SMILES string of the molecule is C=CC(=C)/C(=C/C)NC. The van der Waals surface area contributed by atoms with E-state index in [0.717, 1.165) is 11.3 Å². The highest BCUT2D eigenvalue weighted by molar-refractivity contribution is 5.33. The largest absolute Gasteiger partial charge is 0.388 e. The second-order valence-electron chi connectivity index (χ2n) is 1.68. The molecule has 0 aliphatic carbocycles. The summed E-state index contributed by atoms with van der Waals surface area (Å²) in [5, 5.41) is 2.99. The van der Waals surface area contributed by atoms with Crippen LogP contribution >= 0.6 is 0 Å². The van der Waals surface area contributed by atoms with Crippen molar-refractivity contribution in [2.75, 3.05) is 7.05 Å². The van der Waals surface area contributed by atoms with E-state index in [1.54, 1.807) is 6.08 Å². The Morgan fingerprint density at radius 2 is 2.11 bits per heavy atom. The lowest BCUT2D eigenvalue weighted by Gasteiger charge is -2.03. The van der Waals surface area contributed by atoms with Crippen LogP contribution in [0.5, 0.6) is 0 Å². The number of rotatable bonds is 3. The molecule has 0 bridgehead atoms. The van der Waals surface area contributed by atoms with Crippen molar-refractivity contribution in [3.63, 3.8) is 0 Å². The molecule has 0 radical (unpaired) electrons. The molecule has 0 unspecified atom stereocenters. The molecule has 0 saturated carbocycles. The van der Waals surface area contributed by atoms with Crippen molar-refractivity contribution >= 4 is 0 Å². The molecule has 0 aliphatic heterocycles. The summed E-state index contributed by atoms with van der Waals surface area (Å²) in [4.78, 5) is 0. The van der Waals surface area contributed by atoms with Gasteiger partial charge in [-0.2, -0.15) is 0 Å². The molecule has 1 heteroatoms. The van der Waals surface area contributed by atoms with Gasteiger partial charge in [0.2, 0.25) is 0 Å². The van der Waals surface area contributed by atoms with Gasteiger partial charge in [0.05, 0.1) is 0 Å². The normalized spacial score (nSPS) is 10.7. The Kier molecular flexibility index (Phi) is 3.52. The predicted molar refractivity (Wildman–Crippen MR) is 42.2 cm³/mol. The fraction of sp³-hybridized carbons (Fsp3) is 0.250. The monoisotopic (exact) mass is 123 g/mol. The summed E-state index contributed by atoms with van der Waals surface area (Å²) in [6, 6.07) is 0. The van der Waals surface area contributed by atoms with E-state index < -0.39 is 0 Å². The van der Waals surface area contributed by atoms with E-state index in [1.165, 1.54) is 0 Å². The van der Waals surface area contributed by atoms with Crippen molar-refractivity contribution in [3.8, 4) is 0 Å². The van der Waals surface area contributed by atoms with Crippen LogP contribution in [0.1, 0.15) is 6.92 Å². The molecule has 0 fully saturated rings. The topological polar surface area (TPSA) is 12.0 Å². The van der Waals surface area contributed by atoms with Gasteiger partial charge in [0.1, 0.15) is 0 Å². The number of allylic oxidation sites excluding steroid dienone is 2. The molecule has 0 aromatic rings. The summed E-state index contributed by atoms with van der Waals surface area (Å²) >= 11 is 0. The number of hydrogen-bond donors (Lipinski definition) is 1. The zero-order valence-corrected chi connectivity index (χ0v) is 6.07. The van der Waals surface area contributed by atoms with Crippen LogP contribution in [0.4, 0.5) is 0 Å². The van der Waals surface area contributed by atoms with Crippen LogP contribution in [0, 0.1) is 0 Å². The number of hydrogen-bond acceptors (Lipinski definition) is 1. The maximum absolute atomic E-state index is 3.77. The van der Waals surface area contributed by atoms with Gasteiger partial charge in [-0.25, -0.2) is 0 Å². The van der Waals surface area contributed by atoms with Gasteiger partial charge in [0.25, 0.3) is 0 Å². The number of nitrogens with one attached hydrogen (secondary N) is 1. The molecule has 0 heterocycles. The second kappa shape index (κ2) is 3.96. The van der Waals surface area contributed by atoms with Crippen LogP contribution in [-0.4, -0.2) is 7.05 Å². The standard InChI is InChI=1S/C8H13N/c1-5-7(3)8(6-2)9-4/h5-6,9H,1,3H2,2,4H3/b8-6-. The van der Waals surface area contributed by atoms with Crippen molar-refractivity contribution in [1.82, 2.24) is 5.32 Å². The van der Waals surface area contributed by atoms with Gasteiger partial charge < -0.3 is 5.32 Å². The summed E-state index contributed by atoms with van der Waals surface area (Å²) in [6.07, 6.45) is 3.69. The summed E-state index contributed by atoms with van der Waals surface area (Å²) in [5.74, 6) is 0. The molecule has 1 nitrogen and oxygen atoms in total. The van der Waals surface area contributed by atoms with E-state index in [0.29, 0.717) is 0 Å². The van der Waals surface area contributed by atoms with Gasteiger partial charge in [-0.1, -0.05) is 25.3 Å². The van der Waals surface area contributed by atoms with Crippen molar-refractivity contribution in [3.05, 3.63) is 36.6 Å². The maximum Gasteiger partial charge on any atom is 0.0361 e. The highest BCUT2D eigenvalue weighted by Crippen LogP contribution is 2.02. The molecular weight excluding hydrogens is 110 g/mol. The second-order valence-corrected chi connectivity index (χ2v) is 1.68. The Bertz CT molecular complexity index is 143. The van der Waals surface area contributed by atoms with Gasteiger partial charge in [-0.05, 0) is 12.5 Å². The first-order chi connectivity index (χ1) is 4.26. The van der Waals surface area contributed by atoms with E-state index in [2.05, 4.69) is 18.5 Å². The Morgan fingerprint density at radius 3 is 2.22 bits per heavy atom. The van der Waals surface area contributed by atoms with E-state index in [-0.39, 0.29) is 0 Å². The van der Waals surface area contributed by atoms with E-state index >= 15 is 0 Å². The molecular formula is C8H13N. The smallest absolute Gasteiger partial charge is 0.0361 e. The summed E-state index contributed by atoms with van der Waals surface area (Å²) in [7, 11) is 1.87. The van der Waals surface area contributed by atoms with Gasteiger partial charge >= 0.3 is 0 Å². The van der Waals surface area contributed by atoms with Crippen LogP contribution in [0.15, 0.2) is 36.6 Å². The molecule has 0 atom stereocenters. The highest BCUT2D eigenvalue weighted by atomic mass is 14.8. The summed E-state index contributed by atoms with van der Waals surface area (Å²) in [6.45, 7) is 9.32. The summed E-state index contributed by atoms with van der Waals surface area (Å²) < 4.78 is 0. The molecule has 0 aliphatic rings. The van der Waals surface area contributed by atoms with Crippen LogP contribution in [0.3, 0.4) is 0 Å². The highest BCUT2D eigenvalue weighted by Gasteiger charge is 1.90. The van der Waals surface area contributed by atoms with Crippen LogP contribution < -0.4 is 5.32 Å². The Hall–Kier alpha value is -0.980. The lowest BCUT2D eigenvalue weighted by molar-refractivity contribution is 1.01. The maximum atomic E-state index is 3.77. The zero-order chi connectivity index (χ0) is 7.28. The van der Waals surface area contributed by atoms with Crippen LogP contribution in [-0.2, 0) is 0 Å². The van der Waals surface area contributed by atoms with Crippen LogP contribution in [0.2, 0.25) is 0 Å². The first kappa shape index (κ1) is 8.02. The average molecular weight is 123 g/mol. The molecule has 50 valence electrons. The Balaban J connectivity index is 4.13. The molecule has 0 saturated heterocycles. The first-order valence-electron chi connectivity index (χ1n) is 2.92. The van der Waals surface area contributed by atoms with Crippen LogP contribution in [0.25, 0.3) is 0 Å². The third-order valence-corrected chi connectivity index (χ3v) is 1.15. The molecule has 0 amide bonds. The molecule has 1 N–H and O–H groups in total. The van der Waals surface area contributed by atoms with Gasteiger partial charge in [-0.15, -0.1) is 0 Å². The fourth-order valence-corrected chi connectivity index (χ4v) is 0.600. The third kappa shape index (κ3) is 2.17. The fourth-order valence-electron chi connectivity index (χ4n) is 0.600. The molecule has 0 rings (SSSR count). The average Bonchev–Trinajstić information content (AvgIpc) is 1.90. The minimum atomic E-state index is 0.931. The Labute approximate surface area is 56.8 Å². The van der Waals surface area contributed by atoms with Crippen molar-refractivity contribution in [2.45, 2.75) is 6.92 Å². The lowest BCUT2D eigenvalue weighted by atomic mass is 10.2. The van der Waals surface area contributed by atoms with Gasteiger partial charge in [0.15, 0.2) is 0 Å². The summed E-state index contributed by atoms with van der Waals surface area (Å²) in [5.41, 5.74) is 1.96. The first-order valence-corrected chi connectivity index (χ1v) is 2.92. The van der Waals surface area contributed by atoms with Crippen molar-refractivity contribution in [1.29, 1.82) is 0 Å². The van der Waals surface area contributed by atoms with Gasteiger partial charge in [0, 0.05) is 12.7 Å². The van der Waals surface area contributed by atoms with Crippen molar-refractivity contribution < 1.29 is 0 Å². The Morgan fingerprint density at radius 1 is 1.56 bits per heavy atom. The van der Waals surface area contributed by atoms with E-state index in [4.69, 9.17) is 0 Å². The molecule has 9 heavy (non-hydrogen) atoms. The molecule has 0 aromatic carbocycles.